The van der Waals surface area contributed by atoms with Gasteiger partial charge in [0.05, 0.1) is 4.92 Å². The van der Waals surface area contributed by atoms with Crippen molar-refractivity contribution < 1.29 is 14.5 Å². The highest BCUT2D eigenvalue weighted by Gasteiger charge is 2.32. The lowest BCUT2D eigenvalue weighted by Crippen LogP contribution is -2.05. The van der Waals surface area contributed by atoms with Crippen molar-refractivity contribution in [3.05, 3.63) is 75.3 Å². The van der Waals surface area contributed by atoms with Gasteiger partial charge in [0.25, 0.3) is 5.69 Å². The molecule has 0 spiro atoms. The minimum Gasteiger partial charge on any atom is -0.285 e. The third-order valence-corrected chi connectivity index (χ3v) is 3.33. The largest absolute Gasteiger partial charge is 0.285 e. The van der Waals surface area contributed by atoms with Gasteiger partial charge in [-0.1, -0.05) is 24.3 Å². The van der Waals surface area contributed by atoms with Gasteiger partial charge in [0.1, 0.15) is 0 Å². The van der Waals surface area contributed by atoms with E-state index in [1.807, 2.05) is 0 Å². The maximum absolute atomic E-state index is 12.0. The molecule has 0 aliphatic heterocycles. The minimum absolute atomic E-state index is 0.0219. The molecule has 5 nitrogen and oxygen atoms in total. The van der Waals surface area contributed by atoms with E-state index >= 15 is 0 Å². The van der Waals surface area contributed by atoms with Crippen LogP contribution in [0.4, 0.5) is 5.69 Å². The maximum Gasteiger partial charge on any atom is 0.269 e. The van der Waals surface area contributed by atoms with Gasteiger partial charge in [-0.05, 0) is 29.3 Å². The number of hydrogen-bond acceptors (Lipinski definition) is 4. The number of Topliss-reactive ketones (excluding diaryl/α,β-unsaturated/α-hetero) is 2. The Balaban J connectivity index is 2.06. The first kappa shape index (κ1) is 12.9. The fraction of sp³-hybridized carbons (Fsp3) is 0. The second-order valence-electron chi connectivity index (χ2n) is 4.61. The molecular weight excluding hydrogens is 270 g/mol. The first-order valence-corrected chi connectivity index (χ1v) is 6.22. The van der Waals surface area contributed by atoms with Crippen LogP contribution in [0.3, 0.4) is 0 Å². The van der Waals surface area contributed by atoms with Gasteiger partial charge in [-0.2, -0.15) is 0 Å². The van der Waals surface area contributed by atoms with Crippen molar-refractivity contribution in [3.63, 3.8) is 0 Å². The Bertz CT molecular complexity index is 803. The first-order valence-electron chi connectivity index (χ1n) is 6.22. The number of non-ortho nitro benzene ring substituents is 1. The monoisotopic (exact) mass is 279 g/mol. The second-order valence-corrected chi connectivity index (χ2v) is 4.61. The van der Waals surface area contributed by atoms with Gasteiger partial charge in [-0.3, -0.25) is 19.7 Å². The van der Waals surface area contributed by atoms with Crippen LogP contribution in [0.5, 0.6) is 0 Å². The molecule has 1 aliphatic carbocycles. The van der Waals surface area contributed by atoms with E-state index in [1.54, 1.807) is 42.5 Å². The van der Waals surface area contributed by atoms with E-state index < -0.39 is 16.5 Å². The Morgan fingerprint density at radius 1 is 0.857 bits per heavy atom. The molecule has 0 N–H and O–H groups in total. The van der Waals surface area contributed by atoms with E-state index in [0.717, 1.165) is 0 Å². The molecule has 0 radical (unpaired) electrons. The molecule has 5 heteroatoms. The van der Waals surface area contributed by atoms with Gasteiger partial charge in [-0.15, -0.1) is 0 Å². The molecule has 0 heterocycles. The van der Waals surface area contributed by atoms with Crippen LogP contribution < -0.4 is 0 Å². The van der Waals surface area contributed by atoms with Crippen LogP contribution in [-0.2, 0) is 4.79 Å². The Labute approximate surface area is 119 Å². The van der Waals surface area contributed by atoms with Crippen LogP contribution >= 0.6 is 0 Å². The second kappa shape index (κ2) is 4.79. The number of benzene rings is 2. The molecule has 102 valence electrons. The molecule has 0 amide bonds. The lowest BCUT2D eigenvalue weighted by molar-refractivity contribution is -0.384. The molecule has 2 aromatic rings. The van der Waals surface area contributed by atoms with Crippen molar-refractivity contribution in [2.45, 2.75) is 0 Å². The molecule has 0 saturated heterocycles. The number of hydrogen-bond donors (Lipinski definition) is 0. The average molecular weight is 279 g/mol. The number of carbonyl (C=O) groups excluding carboxylic acids is 2. The van der Waals surface area contributed by atoms with Crippen molar-refractivity contribution in [1.29, 1.82) is 0 Å². The summed E-state index contributed by atoms with van der Waals surface area (Å²) in [6.45, 7) is 0. The predicted octanol–water partition coefficient (Wildman–Crippen LogP) is 2.90. The topological polar surface area (TPSA) is 77.3 Å². The zero-order valence-corrected chi connectivity index (χ0v) is 10.8. The van der Waals surface area contributed by atoms with E-state index in [0.29, 0.717) is 22.3 Å². The molecule has 0 bridgehead atoms. The zero-order chi connectivity index (χ0) is 15.0. The molecule has 0 saturated carbocycles. The van der Waals surface area contributed by atoms with Crippen LogP contribution in [0, 0.1) is 10.1 Å². The maximum atomic E-state index is 12.0. The van der Waals surface area contributed by atoms with Crippen LogP contribution in [0.1, 0.15) is 21.5 Å². The SMILES string of the molecule is O=C1C(=O)c2ccccc2/C1=C\c1ccc([N+](=O)[O-])cc1. The molecule has 2 aromatic carbocycles. The Kier molecular flexibility index (Phi) is 2.95. The number of nitro groups is 1. The minimum atomic E-state index is -0.547. The summed E-state index contributed by atoms with van der Waals surface area (Å²) in [5.74, 6) is -1.06. The fourth-order valence-electron chi connectivity index (χ4n) is 2.29. The zero-order valence-electron chi connectivity index (χ0n) is 10.8. The Hall–Kier alpha value is -3.08. The molecular formula is C16H9NO4. The van der Waals surface area contributed by atoms with Gasteiger partial charge >= 0.3 is 0 Å². The Morgan fingerprint density at radius 2 is 1.48 bits per heavy atom. The summed E-state index contributed by atoms with van der Waals surface area (Å²) in [4.78, 5) is 34.0. The van der Waals surface area contributed by atoms with Crippen molar-refractivity contribution >= 4 is 28.9 Å². The van der Waals surface area contributed by atoms with Crippen molar-refractivity contribution in [2.75, 3.05) is 0 Å². The van der Waals surface area contributed by atoms with Crippen LogP contribution in [0.15, 0.2) is 48.5 Å². The molecule has 3 rings (SSSR count). The van der Waals surface area contributed by atoms with Crippen molar-refractivity contribution in [3.8, 4) is 0 Å². The van der Waals surface area contributed by atoms with E-state index in [4.69, 9.17) is 0 Å². The lowest BCUT2D eigenvalue weighted by Gasteiger charge is -1.99. The quantitative estimate of drug-likeness (QED) is 0.366. The number of allylic oxidation sites excluding steroid dienone is 1. The van der Waals surface area contributed by atoms with Crippen molar-refractivity contribution in [1.82, 2.24) is 0 Å². The fourth-order valence-corrected chi connectivity index (χ4v) is 2.29. The Morgan fingerprint density at radius 3 is 2.10 bits per heavy atom. The summed E-state index contributed by atoms with van der Waals surface area (Å²) in [7, 11) is 0. The summed E-state index contributed by atoms with van der Waals surface area (Å²) < 4.78 is 0. The predicted molar refractivity (Wildman–Crippen MR) is 76.7 cm³/mol. The van der Waals surface area contributed by atoms with Gasteiger partial charge < -0.3 is 0 Å². The number of fused-ring (bicyclic) bond motifs is 1. The summed E-state index contributed by atoms with van der Waals surface area (Å²) in [6.07, 6.45) is 1.58. The smallest absolute Gasteiger partial charge is 0.269 e. The molecule has 0 unspecified atom stereocenters. The lowest BCUT2D eigenvalue weighted by atomic mass is 10.0. The van der Waals surface area contributed by atoms with Gasteiger partial charge in [0.2, 0.25) is 11.6 Å². The molecule has 0 atom stereocenters. The van der Waals surface area contributed by atoms with Crippen molar-refractivity contribution in [2.24, 2.45) is 0 Å². The summed E-state index contributed by atoms with van der Waals surface area (Å²) in [5, 5.41) is 10.6. The summed E-state index contributed by atoms with van der Waals surface area (Å²) in [6, 6.07) is 12.6. The highest BCUT2D eigenvalue weighted by atomic mass is 16.6. The number of ketones is 2. The summed E-state index contributed by atoms with van der Waals surface area (Å²) >= 11 is 0. The van der Waals surface area contributed by atoms with Gasteiger partial charge in [-0.25, -0.2) is 0 Å². The summed E-state index contributed by atoms with van der Waals surface area (Å²) in [5.41, 5.74) is 1.94. The third kappa shape index (κ3) is 2.14. The van der Waals surface area contributed by atoms with Gasteiger partial charge in [0, 0.05) is 23.3 Å². The number of nitrogens with zero attached hydrogens (tertiary/aromatic N) is 1. The molecule has 21 heavy (non-hydrogen) atoms. The average Bonchev–Trinajstić information content (AvgIpc) is 2.73. The van der Waals surface area contributed by atoms with Gasteiger partial charge in [0.15, 0.2) is 0 Å². The third-order valence-electron chi connectivity index (χ3n) is 3.33. The number of carbonyl (C=O) groups is 2. The van der Waals surface area contributed by atoms with Crippen LogP contribution in [0.2, 0.25) is 0 Å². The highest BCUT2D eigenvalue weighted by molar-refractivity contribution is 6.64. The number of rotatable bonds is 2. The molecule has 0 aromatic heterocycles. The molecule has 0 fully saturated rings. The number of nitro benzene ring substituents is 1. The molecule has 1 aliphatic rings. The van der Waals surface area contributed by atoms with Crippen LogP contribution in [0.25, 0.3) is 11.6 Å². The highest BCUT2D eigenvalue weighted by Crippen LogP contribution is 2.31. The van der Waals surface area contributed by atoms with E-state index in [9.17, 15) is 19.7 Å². The standard InChI is InChI=1S/C16H9NO4/c18-15-13-4-2-1-3-12(13)14(16(15)19)9-10-5-7-11(8-6-10)17(20)21/h1-9H/b14-9+. The first-order chi connectivity index (χ1) is 10.1. The van der Waals surface area contributed by atoms with E-state index in [1.165, 1.54) is 12.1 Å². The normalized spacial score (nSPS) is 15.3. The van der Waals surface area contributed by atoms with E-state index in [2.05, 4.69) is 0 Å². The van der Waals surface area contributed by atoms with E-state index in [-0.39, 0.29) is 5.69 Å². The van der Waals surface area contributed by atoms with Crippen LogP contribution in [-0.4, -0.2) is 16.5 Å².